The normalized spacial score (nSPS) is 18.1. The molecular formula is C12H19NO4S. The molecule has 102 valence electrons. The highest BCUT2D eigenvalue weighted by Crippen LogP contribution is 2.23. The highest BCUT2D eigenvalue weighted by molar-refractivity contribution is 7.89. The molecule has 0 unspecified atom stereocenters. The van der Waals surface area contributed by atoms with E-state index in [4.69, 9.17) is 9.52 Å². The Kier molecular flexibility index (Phi) is 4.42. The van der Waals surface area contributed by atoms with Gasteiger partial charge in [0.2, 0.25) is 5.09 Å². The van der Waals surface area contributed by atoms with Crippen LogP contribution in [-0.4, -0.2) is 20.1 Å². The maximum absolute atomic E-state index is 11.9. The highest BCUT2D eigenvalue weighted by atomic mass is 32.2. The number of aliphatic hydroxyl groups is 1. The second kappa shape index (κ2) is 5.86. The summed E-state index contributed by atoms with van der Waals surface area (Å²) in [6.07, 6.45) is 5.79. The van der Waals surface area contributed by atoms with Crippen molar-refractivity contribution in [3.05, 3.63) is 17.9 Å². The van der Waals surface area contributed by atoms with E-state index in [2.05, 4.69) is 4.72 Å². The summed E-state index contributed by atoms with van der Waals surface area (Å²) in [7, 11) is -3.58. The molecule has 0 amide bonds. The van der Waals surface area contributed by atoms with E-state index >= 15 is 0 Å². The van der Waals surface area contributed by atoms with Crippen molar-refractivity contribution in [2.75, 3.05) is 6.54 Å². The standard InChI is InChI=1S/C12H19NO4S/c14-9-11-6-7-12(17-11)18(15,16)13-8-10-4-2-1-3-5-10/h6-7,10,13-14H,1-5,8-9H2. The van der Waals surface area contributed by atoms with Crippen molar-refractivity contribution >= 4 is 10.0 Å². The fraction of sp³-hybridized carbons (Fsp3) is 0.667. The molecule has 0 aliphatic heterocycles. The molecule has 0 radical (unpaired) electrons. The van der Waals surface area contributed by atoms with E-state index in [1.54, 1.807) is 0 Å². The molecule has 2 N–H and O–H groups in total. The Hall–Kier alpha value is -0.850. The number of hydrogen-bond acceptors (Lipinski definition) is 4. The monoisotopic (exact) mass is 273 g/mol. The van der Waals surface area contributed by atoms with Crippen molar-refractivity contribution in [3.63, 3.8) is 0 Å². The predicted molar refractivity (Wildman–Crippen MR) is 66.4 cm³/mol. The van der Waals surface area contributed by atoms with Crippen LogP contribution in [0.1, 0.15) is 37.9 Å². The van der Waals surface area contributed by atoms with Crippen molar-refractivity contribution in [3.8, 4) is 0 Å². The van der Waals surface area contributed by atoms with E-state index in [9.17, 15) is 8.42 Å². The first kappa shape index (κ1) is 13.6. The van der Waals surface area contributed by atoms with Gasteiger partial charge < -0.3 is 9.52 Å². The third-order valence-electron chi connectivity index (χ3n) is 3.34. The second-order valence-corrected chi connectivity index (χ2v) is 6.43. The Morgan fingerprint density at radius 2 is 2.00 bits per heavy atom. The second-order valence-electron chi connectivity index (χ2n) is 4.73. The SMILES string of the molecule is O=S(=O)(NCC1CCCCC1)c1ccc(CO)o1. The van der Waals surface area contributed by atoms with Gasteiger partial charge in [0.25, 0.3) is 10.0 Å². The molecule has 0 atom stereocenters. The van der Waals surface area contributed by atoms with Gasteiger partial charge in [-0.3, -0.25) is 0 Å². The fourth-order valence-corrected chi connectivity index (χ4v) is 3.34. The zero-order chi connectivity index (χ0) is 13.0. The Labute approximate surface area is 107 Å². The summed E-state index contributed by atoms with van der Waals surface area (Å²) >= 11 is 0. The number of rotatable bonds is 5. The van der Waals surface area contributed by atoms with Crippen molar-refractivity contribution in [1.29, 1.82) is 0 Å². The van der Waals surface area contributed by atoms with Crippen LogP contribution < -0.4 is 4.72 Å². The number of hydrogen-bond donors (Lipinski definition) is 2. The van der Waals surface area contributed by atoms with Gasteiger partial charge in [-0.05, 0) is 30.9 Å². The first-order valence-electron chi connectivity index (χ1n) is 6.31. The molecule has 1 aliphatic rings. The van der Waals surface area contributed by atoms with Crippen molar-refractivity contribution in [2.45, 2.75) is 43.8 Å². The zero-order valence-electron chi connectivity index (χ0n) is 10.3. The van der Waals surface area contributed by atoms with Gasteiger partial charge in [0.15, 0.2) is 0 Å². The van der Waals surface area contributed by atoms with Gasteiger partial charge in [-0.15, -0.1) is 0 Å². The van der Waals surface area contributed by atoms with Gasteiger partial charge >= 0.3 is 0 Å². The largest absolute Gasteiger partial charge is 0.446 e. The lowest BCUT2D eigenvalue weighted by Gasteiger charge is -2.21. The molecule has 6 heteroatoms. The van der Waals surface area contributed by atoms with Crippen LogP contribution in [0.15, 0.2) is 21.6 Å². The number of aliphatic hydroxyl groups excluding tert-OH is 1. The van der Waals surface area contributed by atoms with E-state index in [0.29, 0.717) is 12.5 Å². The van der Waals surface area contributed by atoms with Crippen molar-refractivity contribution in [2.24, 2.45) is 5.92 Å². The molecule has 1 aliphatic carbocycles. The average Bonchev–Trinajstić information content (AvgIpc) is 2.87. The average molecular weight is 273 g/mol. The third-order valence-corrected chi connectivity index (χ3v) is 4.64. The van der Waals surface area contributed by atoms with E-state index < -0.39 is 10.0 Å². The van der Waals surface area contributed by atoms with Crippen LogP contribution in [-0.2, 0) is 16.6 Å². The molecule has 18 heavy (non-hydrogen) atoms. The number of sulfonamides is 1. The summed E-state index contributed by atoms with van der Waals surface area (Å²) in [4.78, 5) is 0. The fourth-order valence-electron chi connectivity index (χ4n) is 2.28. The van der Waals surface area contributed by atoms with Crippen LogP contribution in [0.3, 0.4) is 0 Å². The van der Waals surface area contributed by atoms with Crippen LogP contribution in [0.2, 0.25) is 0 Å². The third kappa shape index (κ3) is 3.34. The van der Waals surface area contributed by atoms with E-state index in [0.717, 1.165) is 12.8 Å². The molecule has 0 bridgehead atoms. The van der Waals surface area contributed by atoms with Gasteiger partial charge in [-0.1, -0.05) is 19.3 Å². The van der Waals surface area contributed by atoms with E-state index in [-0.39, 0.29) is 17.5 Å². The van der Waals surface area contributed by atoms with Crippen LogP contribution in [0.5, 0.6) is 0 Å². The molecule has 2 rings (SSSR count). The lowest BCUT2D eigenvalue weighted by molar-refractivity contribution is 0.236. The molecule has 0 aromatic carbocycles. The first-order valence-corrected chi connectivity index (χ1v) is 7.79. The van der Waals surface area contributed by atoms with E-state index in [1.165, 1.54) is 31.4 Å². The molecule has 1 saturated carbocycles. The Morgan fingerprint density at radius 1 is 1.28 bits per heavy atom. The lowest BCUT2D eigenvalue weighted by atomic mass is 9.90. The van der Waals surface area contributed by atoms with Crippen LogP contribution in [0.4, 0.5) is 0 Å². The summed E-state index contributed by atoms with van der Waals surface area (Å²) in [5.74, 6) is 0.689. The molecule has 0 spiro atoms. The quantitative estimate of drug-likeness (QED) is 0.854. The smallest absolute Gasteiger partial charge is 0.273 e. The number of nitrogens with one attached hydrogen (secondary N) is 1. The Bertz CT molecular complexity index is 474. The molecule has 1 aromatic heterocycles. The van der Waals surface area contributed by atoms with E-state index in [1.807, 2.05) is 0 Å². The van der Waals surface area contributed by atoms with Crippen molar-refractivity contribution in [1.82, 2.24) is 4.72 Å². The van der Waals surface area contributed by atoms with Gasteiger partial charge in [0, 0.05) is 6.54 Å². The molecule has 1 aromatic rings. The summed E-state index contributed by atoms with van der Waals surface area (Å²) in [6, 6.07) is 2.84. The van der Waals surface area contributed by atoms with Gasteiger partial charge in [-0.25, -0.2) is 13.1 Å². The van der Waals surface area contributed by atoms with Gasteiger partial charge in [-0.2, -0.15) is 0 Å². The molecule has 0 saturated heterocycles. The first-order chi connectivity index (χ1) is 8.62. The minimum atomic E-state index is -3.58. The van der Waals surface area contributed by atoms with Crippen LogP contribution >= 0.6 is 0 Å². The number of furan rings is 1. The summed E-state index contributed by atoms with van der Waals surface area (Å²) in [6.45, 7) is 0.176. The zero-order valence-corrected chi connectivity index (χ0v) is 11.1. The molecule has 1 heterocycles. The molecule has 1 fully saturated rings. The maximum Gasteiger partial charge on any atom is 0.273 e. The Morgan fingerprint density at radius 3 is 2.61 bits per heavy atom. The minimum absolute atomic E-state index is 0.123. The van der Waals surface area contributed by atoms with Crippen LogP contribution in [0.25, 0.3) is 0 Å². The predicted octanol–water partition coefficient (Wildman–Crippen LogP) is 1.63. The lowest BCUT2D eigenvalue weighted by Crippen LogP contribution is -2.30. The summed E-state index contributed by atoms with van der Waals surface area (Å²) in [5.41, 5.74) is 0. The molecular weight excluding hydrogens is 254 g/mol. The topological polar surface area (TPSA) is 79.5 Å². The van der Waals surface area contributed by atoms with Crippen LogP contribution in [0, 0.1) is 5.92 Å². The Balaban J connectivity index is 1.94. The highest BCUT2D eigenvalue weighted by Gasteiger charge is 2.21. The van der Waals surface area contributed by atoms with Gasteiger partial charge in [0.05, 0.1) is 0 Å². The van der Waals surface area contributed by atoms with Gasteiger partial charge in [0.1, 0.15) is 12.4 Å². The maximum atomic E-state index is 11.9. The summed E-state index contributed by atoms with van der Waals surface area (Å²) < 4.78 is 31.5. The molecule has 5 nitrogen and oxygen atoms in total. The summed E-state index contributed by atoms with van der Waals surface area (Å²) in [5, 5.41) is 8.72. The minimum Gasteiger partial charge on any atom is -0.446 e. The van der Waals surface area contributed by atoms with Crippen molar-refractivity contribution < 1.29 is 17.9 Å².